The van der Waals surface area contributed by atoms with E-state index in [1.807, 2.05) is 23.1 Å². The first-order valence-corrected chi connectivity index (χ1v) is 12.4. The average molecular weight is 449 g/mol. The molecule has 3 unspecified atom stereocenters. The third kappa shape index (κ3) is 5.30. The maximum Gasteiger partial charge on any atom is 0.335 e. The maximum absolute atomic E-state index is 13.5. The summed E-state index contributed by atoms with van der Waals surface area (Å²) >= 11 is 0. The van der Waals surface area contributed by atoms with Crippen LogP contribution in [-0.2, 0) is 11.2 Å². The Morgan fingerprint density at radius 2 is 1.61 bits per heavy atom. The lowest BCUT2D eigenvalue weighted by atomic mass is 9.86. The highest BCUT2D eigenvalue weighted by Crippen LogP contribution is 2.36. The molecule has 2 aliphatic rings. The molecule has 0 aliphatic carbocycles. The number of amides is 1. The molecular formula is C28H36N2O3. The molecule has 33 heavy (non-hydrogen) atoms. The number of piperidine rings is 1. The molecular weight excluding hydrogens is 412 g/mol. The second kappa shape index (κ2) is 10.5. The summed E-state index contributed by atoms with van der Waals surface area (Å²) in [6.45, 7) is 6.57. The molecule has 2 aliphatic heterocycles. The molecule has 0 aromatic heterocycles. The van der Waals surface area contributed by atoms with Gasteiger partial charge in [-0.05, 0) is 81.8 Å². The number of carbonyl (C=O) groups is 2. The molecule has 2 aromatic carbocycles. The number of hydrogen-bond acceptors (Lipinski definition) is 3. The van der Waals surface area contributed by atoms with Crippen molar-refractivity contribution in [2.45, 2.75) is 76.8 Å². The molecule has 3 atom stereocenters. The summed E-state index contributed by atoms with van der Waals surface area (Å²) in [6.07, 6.45) is 7.87. The van der Waals surface area contributed by atoms with E-state index < -0.39 is 5.97 Å². The lowest BCUT2D eigenvalue weighted by molar-refractivity contribution is -0.120. The van der Waals surface area contributed by atoms with Crippen LogP contribution in [0.2, 0.25) is 0 Å². The van der Waals surface area contributed by atoms with Gasteiger partial charge in [-0.2, -0.15) is 0 Å². The van der Waals surface area contributed by atoms with Crippen LogP contribution in [0.4, 0.5) is 5.69 Å². The number of para-hydroxylation sites is 1. The highest BCUT2D eigenvalue weighted by Gasteiger charge is 2.33. The van der Waals surface area contributed by atoms with Crippen LogP contribution in [0.3, 0.4) is 0 Å². The molecule has 1 saturated heterocycles. The number of benzene rings is 2. The predicted octanol–water partition coefficient (Wildman–Crippen LogP) is 5.49. The molecule has 176 valence electrons. The Balaban J connectivity index is 1.40. The third-order valence-corrected chi connectivity index (χ3v) is 7.50. The topological polar surface area (TPSA) is 60.9 Å². The van der Waals surface area contributed by atoms with Crippen LogP contribution in [-0.4, -0.2) is 47.1 Å². The van der Waals surface area contributed by atoms with E-state index in [4.69, 9.17) is 0 Å². The zero-order valence-electron chi connectivity index (χ0n) is 19.9. The van der Waals surface area contributed by atoms with Crippen LogP contribution < -0.4 is 4.90 Å². The molecule has 0 saturated carbocycles. The largest absolute Gasteiger partial charge is 0.478 e. The van der Waals surface area contributed by atoms with Crippen molar-refractivity contribution in [1.82, 2.24) is 4.90 Å². The fourth-order valence-electron chi connectivity index (χ4n) is 5.57. The standard InChI is InChI=1S/C28H36N2O3/c1-20-9-8-10-21(2)29(20)17-6-3-7-18-30-26-12-5-4-11-24(26)19-25(27(30)31)22-13-15-23(16-14-22)28(32)33/h4-5,11-16,20-21,25H,3,6-10,17-19H2,1-2H3,(H,32,33). The van der Waals surface area contributed by atoms with Gasteiger partial charge < -0.3 is 10.0 Å². The summed E-state index contributed by atoms with van der Waals surface area (Å²) in [5.74, 6) is -1.09. The number of likely N-dealkylation sites (tertiary alicyclic amines) is 1. The van der Waals surface area contributed by atoms with Crippen LogP contribution in [0.1, 0.15) is 79.8 Å². The van der Waals surface area contributed by atoms with Gasteiger partial charge in [0.2, 0.25) is 5.91 Å². The zero-order chi connectivity index (χ0) is 23.4. The number of fused-ring (bicyclic) bond motifs is 1. The maximum atomic E-state index is 13.5. The lowest BCUT2D eigenvalue weighted by Crippen LogP contribution is -2.44. The Kier molecular flexibility index (Phi) is 7.49. The van der Waals surface area contributed by atoms with E-state index in [0.29, 0.717) is 18.5 Å². The number of carboxylic acids is 1. The number of anilines is 1. The van der Waals surface area contributed by atoms with Crippen molar-refractivity contribution < 1.29 is 14.7 Å². The molecule has 0 radical (unpaired) electrons. The molecule has 1 N–H and O–H groups in total. The molecule has 4 rings (SSSR count). The molecule has 1 amide bonds. The van der Waals surface area contributed by atoms with Gasteiger partial charge in [-0.25, -0.2) is 4.79 Å². The summed E-state index contributed by atoms with van der Waals surface area (Å²) in [6, 6.07) is 16.3. The molecule has 2 aromatic rings. The van der Waals surface area contributed by atoms with Gasteiger partial charge in [0, 0.05) is 24.3 Å². The molecule has 5 nitrogen and oxygen atoms in total. The summed E-state index contributed by atoms with van der Waals surface area (Å²) < 4.78 is 0. The molecule has 0 spiro atoms. The minimum absolute atomic E-state index is 0.120. The van der Waals surface area contributed by atoms with Gasteiger partial charge in [-0.15, -0.1) is 0 Å². The predicted molar refractivity (Wildman–Crippen MR) is 132 cm³/mol. The minimum atomic E-state index is -0.947. The fourth-order valence-corrected chi connectivity index (χ4v) is 5.57. The van der Waals surface area contributed by atoms with Gasteiger partial charge in [0.05, 0.1) is 11.5 Å². The molecule has 5 heteroatoms. The SMILES string of the molecule is CC1CCCC(C)N1CCCCCN1C(=O)C(c2ccc(C(=O)O)cc2)Cc2ccccc21. The highest BCUT2D eigenvalue weighted by atomic mass is 16.4. The van der Waals surface area contributed by atoms with Gasteiger partial charge in [0.15, 0.2) is 0 Å². The number of aromatic carboxylic acids is 1. The van der Waals surface area contributed by atoms with E-state index in [9.17, 15) is 14.7 Å². The van der Waals surface area contributed by atoms with E-state index in [-0.39, 0.29) is 17.4 Å². The number of carbonyl (C=O) groups excluding carboxylic acids is 1. The number of hydrogen-bond donors (Lipinski definition) is 1. The minimum Gasteiger partial charge on any atom is -0.478 e. The van der Waals surface area contributed by atoms with Crippen LogP contribution in [0, 0.1) is 0 Å². The van der Waals surface area contributed by atoms with Crippen molar-refractivity contribution >= 4 is 17.6 Å². The molecule has 2 heterocycles. The first-order chi connectivity index (χ1) is 16.0. The quantitative estimate of drug-likeness (QED) is 0.543. The first-order valence-electron chi connectivity index (χ1n) is 12.4. The monoisotopic (exact) mass is 448 g/mol. The first kappa shape index (κ1) is 23.5. The van der Waals surface area contributed by atoms with E-state index in [0.717, 1.165) is 37.2 Å². The van der Waals surface area contributed by atoms with Crippen molar-refractivity contribution in [3.8, 4) is 0 Å². The van der Waals surface area contributed by atoms with Crippen LogP contribution in [0.25, 0.3) is 0 Å². The van der Waals surface area contributed by atoms with Crippen LogP contribution in [0.5, 0.6) is 0 Å². The summed E-state index contributed by atoms with van der Waals surface area (Å²) in [7, 11) is 0. The summed E-state index contributed by atoms with van der Waals surface area (Å²) in [5, 5.41) is 9.19. The second-order valence-electron chi connectivity index (χ2n) is 9.73. The zero-order valence-corrected chi connectivity index (χ0v) is 19.9. The van der Waals surface area contributed by atoms with Gasteiger partial charge in [0.25, 0.3) is 0 Å². The van der Waals surface area contributed by atoms with Crippen molar-refractivity contribution in [2.75, 3.05) is 18.0 Å². The van der Waals surface area contributed by atoms with Crippen molar-refractivity contribution in [3.63, 3.8) is 0 Å². The molecule has 0 bridgehead atoms. The highest BCUT2D eigenvalue weighted by molar-refractivity contribution is 6.01. The average Bonchev–Trinajstić information content (AvgIpc) is 2.81. The normalized spacial score (nSPS) is 23.4. The van der Waals surface area contributed by atoms with E-state index >= 15 is 0 Å². The summed E-state index contributed by atoms with van der Waals surface area (Å²) in [4.78, 5) is 29.3. The number of unbranched alkanes of at least 4 members (excludes halogenated alkanes) is 2. The van der Waals surface area contributed by atoms with Gasteiger partial charge >= 0.3 is 5.97 Å². The van der Waals surface area contributed by atoms with Gasteiger partial charge in [0.1, 0.15) is 0 Å². The Bertz CT molecular complexity index is 961. The van der Waals surface area contributed by atoms with Crippen molar-refractivity contribution in [1.29, 1.82) is 0 Å². The van der Waals surface area contributed by atoms with Crippen LogP contribution in [0.15, 0.2) is 48.5 Å². The number of carboxylic acid groups (broad SMARTS) is 1. The van der Waals surface area contributed by atoms with Gasteiger partial charge in [-0.1, -0.05) is 43.2 Å². The Morgan fingerprint density at radius 3 is 2.30 bits per heavy atom. The third-order valence-electron chi connectivity index (χ3n) is 7.50. The number of rotatable bonds is 8. The van der Waals surface area contributed by atoms with Crippen molar-refractivity contribution in [3.05, 3.63) is 65.2 Å². The smallest absolute Gasteiger partial charge is 0.335 e. The lowest BCUT2D eigenvalue weighted by Gasteiger charge is -2.39. The van der Waals surface area contributed by atoms with E-state index in [2.05, 4.69) is 24.8 Å². The van der Waals surface area contributed by atoms with Crippen LogP contribution >= 0.6 is 0 Å². The van der Waals surface area contributed by atoms with E-state index in [1.54, 1.807) is 24.3 Å². The Hall–Kier alpha value is -2.66. The second-order valence-corrected chi connectivity index (χ2v) is 9.73. The number of nitrogens with zero attached hydrogens (tertiary/aromatic N) is 2. The Morgan fingerprint density at radius 1 is 0.939 bits per heavy atom. The summed E-state index contributed by atoms with van der Waals surface area (Å²) in [5.41, 5.74) is 3.34. The fraction of sp³-hybridized carbons (Fsp3) is 0.500. The van der Waals surface area contributed by atoms with Crippen molar-refractivity contribution in [2.24, 2.45) is 0 Å². The Labute approximate surface area is 197 Å². The van der Waals surface area contributed by atoms with Gasteiger partial charge in [-0.3, -0.25) is 9.69 Å². The van der Waals surface area contributed by atoms with E-state index in [1.165, 1.54) is 31.2 Å². The molecule has 1 fully saturated rings.